The highest BCUT2D eigenvalue weighted by Crippen LogP contribution is 2.17. The number of ether oxygens (including phenoxy) is 1. The molecule has 1 aromatic carbocycles. The maximum Gasteiger partial charge on any atom is 0.157 e. The third-order valence-corrected chi connectivity index (χ3v) is 1.59. The summed E-state index contributed by atoms with van der Waals surface area (Å²) in [5.41, 5.74) is 0.855. The predicted molar refractivity (Wildman–Crippen MR) is 52.7 cm³/mol. The standard InChI is InChI=1S/C10H11NO2/c1-8(13-11-2)9-4-6-10(12-3)7-5-9/h4-7H,1-2H2,3H3. The van der Waals surface area contributed by atoms with Gasteiger partial charge in [0, 0.05) is 12.3 Å². The van der Waals surface area contributed by atoms with E-state index in [1.165, 1.54) is 0 Å². The molecular formula is C10H11NO2. The summed E-state index contributed by atoms with van der Waals surface area (Å²) in [6.45, 7) is 6.88. The molecule has 0 aliphatic heterocycles. The molecule has 0 unspecified atom stereocenters. The van der Waals surface area contributed by atoms with E-state index in [1.807, 2.05) is 24.3 Å². The van der Waals surface area contributed by atoms with Crippen LogP contribution in [0.25, 0.3) is 5.76 Å². The zero-order valence-corrected chi connectivity index (χ0v) is 7.49. The lowest BCUT2D eigenvalue weighted by atomic mass is 10.2. The lowest BCUT2D eigenvalue weighted by Gasteiger charge is -2.03. The third-order valence-electron chi connectivity index (χ3n) is 1.59. The van der Waals surface area contributed by atoms with Crippen molar-refractivity contribution in [3.8, 4) is 5.75 Å². The second-order valence-corrected chi connectivity index (χ2v) is 2.37. The Morgan fingerprint density at radius 2 is 1.92 bits per heavy atom. The van der Waals surface area contributed by atoms with Gasteiger partial charge in [-0.15, -0.1) is 0 Å². The summed E-state index contributed by atoms with van der Waals surface area (Å²) in [6.07, 6.45) is 0. The first-order chi connectivity index (χ1) is 6.27. The summed E-state index contributed by atoms with van der Waals surface area (Å²) in [6, 6.07) is 7.33. The van der Waals surface area contributed by atoms with E-state index in [9.17, 15) is 0 Å². The average Bonchev–Trinajstić information content (AvgIpc) is 2.18. The fourth-order valence-electron chi connectivity index (χ4n) is 0.908. The molecule has 1 rings (SSSR count). The van der Waals surface area contributed by atoms with Gasteiger partial charge in [-0.2, -0.15) is 0 Å². The highest BCUT2D eigenvalue weighted by atomic mass is 16.6. The van der Waals surface area contributed by atoms with Crippen molar-refractivity contribution < 1.29 is 9.57 Å². The van der Waals surface area contributed by atoms with Crippen molar-refractivity contribution >= 4 is 12.5 Å². The van der Waals surface area contributed by atoms with Crippen molar-refractivity contribution in [1.29, 1.82) is 0 Å². The van der Waals surface area contributed by atoms with Gasteiger partial charge < -0.3 is 9.57 Å². The number of hydrogen-bond acceptors (Lipinski definition) is 3. The Labute approximate surface area is 77.3 Å². The van der Waals surface area contributed by atoms with Crippen LogP contribution in [0, 0.1) is 0 Å². The van der Waals surface area contributed by atoms with Gasteiger partial charge in [0.25, 0.3) is 0 Å². The lowest BCUT2D eigenvalue weighted by molar-refractivity contribution is 0.303. The number of rotatable bonds is 4. The van der Waals surface area contributed by atoms with Gasteiger partial charge >= 0.3 is 0 Å². The largest absolute Gasteiger partial charge is 0.497 e. The van der Waals surface area contributed by atoms with Crippen molar-refractivity contribution in [2.24, 2.45) is 5.16 Å². The highest BCUT2D eigenvalue weighted by molar-refractivity contribution is 5.58. The van der Waals surface area contributed by atoms with E-state index in [-0.39, 0.29) is 0 Å². The maximum absolute atomic E-state index is 5.00. The van der Waals surface area contributed by atoms with E-state index in [0.29, 0.717) is 5.76 Å². The molecule has 0 bridgehead atoms. The van der Waals surface area contributed by atoms with Gasteiger partial charge in [0.2, 0.25) is 0 Å². The van der Waals surface area contributed by atoms with Crippen molar-refractivity contribution in [3.63, 3.8) is 0 Å². The molecule has 0 heterocycles. The summed E-state index contributed by atoms with van der Waals surface area (Å²) in [5.74, 6) is 1.26. The van der Waals surface area contributed by atoms with Crippen LogP contribution >= 0.6 is 0 Å². The normalized spacial score (nSPS) is 9.00. The van der Waals surface area contributed by atoms with E-state index >= 15 is 0 Å². The molecule has 0 spiro atoms. The molecule has 0 fully saturated rings. The molecule has 0 aliphatic rings. The Hall–Kier alpha value is -1.77. The van der Waals surface area contributed by atoms with Crippen molar-refractivity contribution in [3.05, 3.63) is 36.4 Å². The Bertz CT molecular complexity index is 303. The molecule has 0 amide bonds. The monoisotopic (exact) mass is 177 g/mol. The van der Waals surface area contributed by atoms with Crippen LogP contribution in [0.3, 0.4) is 0 Å². The van der Waals surface area contributed by atoms with Gasteiger partial charge in [-0.05, 0) is 24.3 Å². The lowest BCUT2D eigenvalue weighted by Crippen LogP contribution is -1.86. The first-order valence-corrected chi connectivity index (χ1v) is 3.74. The predicted octanol–water partition coefficient (Wildman–Crippen LogP) is 2.30. The molecule has 1 aromatic rings. The minimum atomic E-state index is 0.470. The SMILES string of the molecule is C=NOC(=C)c1ccc(OC)cc1. The van der Waals surface area contributed by atoms with Crippen LogP contribution in [-0.2, 0) is 4.84 Å². The Balaban J connectivity index is 2.79. The molecule has 0 aliphatic carbocycles. The molecular weight excluding hydrogens is 166 g/mol. The fraction of sp³-hybridized carbons (Fsp3) is 0.100. The fourth-order valence-corrected chi connectivity index (χ4v) is 0.908. The molecule has 68 valence electrons. The van der Waals surface area contributed by atoms with Gasteiger partial charge in [-0.3, -0.25) is 0 Å². The molecule has 3 heteroatoms. The molecule has 0 saturated heterocycles. The van der Waals surface area contributed by atoms with Gasteiger partial charge in [0.15, 0.2) is 5.76 Å². The Morgan fingerprint density at radius 1 is 1.31 bits per heavy atom. The summed E-state index contributed by atoms with van der Waals surface area (Å²) in [5, 5.41) is 3.27. The zero-order chi connectivity index (χ0) is 9.68. The van der Waals surface area contributed by atoms with E-state index in [1.54, 1.807) is 7.11 Å². The van der Waals surface area contributed by atoms with Crippen LogP contribution in [0.1, 0.15) is 5.56 Å². The number of nitrogens with zero attached hydrogens (tertiary/aromatic N) is 1. The van der Waals surface area contributed by atoms with Gasteiger partial charge in [-0.1, -0.05) is 11.7 Å². The number of oxime groups is 1. The van der Waals surface area contributed by atoms with Crippen LogP contribution in [0.15, 0.2) is 36.0 Å². The Kier molecular flexibility index (Phi) is 3.09. The van der Waals surface area contributed by atoms with Gasteiger partial charge in [0.1, 0.15) is 5.75 Å². The van der Waals surface area contributed by atoms with Gasteiger partial charge in [-0.25, -0.2) is 0 Å². The van der Waals surface area contributed by atoms with Crippen LogP contribution in [0.2, 0.25) is 0 Å². The first kappa shape index (κ1) is 9.32. The zero-order valence-electron chi connectivity index (χ0n) is 7.49. The molecule has 13 heavy (non-hydrogen) atoms. The first-order valence-electron chi connectivity index (χ1n) is 3.74. The van der Waals surface area contributed by atoms with Crippen molar-refractivity contribution in [1.82, 2.24) is 0 Å². The number of hydrogen-bond donors (Lipinski definition) is 0. The van der Waals surface area contributed by atoms with E-state index < -0.39 is 0 Å². The molecule has 0 saturated carbocycles. The second-order valence-electron chi connectivity index (χ2n) is 2.37. The maximum atomic E-state index is 5.00. The summed E-state index contributed by atoms with van der Waals surface area (Å²) in [7, 11) is 1.62. The molecule has 3 nitrogen and oxygen atoms in total. The molecule has 0 aromatic heterocycles. The molecule has 0 N–H and O–H groups in total. The highest BCUT2D eigenvalue weighted by Gasteiger charge is 1.99. The van der Waals surface area contributed by atoms with Crippen molar-refractivity contribution in [2.75, 3.05) is 7.11 Å². The number of methoxy groups -OCH3 is 1. The molecule has 0 radical (unpaired) electrons. The van der Waals surface area contributed by atoms with Crippen LogP contribution < -0.4 is 4.74 Å². The minimum absolute atomic E-state index is 0.470. The average molecular weight is 177 g/mol. The Morgan fingerprint density at radius 3 is 2.38 bits per heavy atom. The summed E-state index contributed by atoms with van der Waals surface area (Å²) in [4.78, 5) is 4.78. The quantitative estimate of drug-likeness (QED) is 0.401. The summed E-state index contributed by atoms with van der Waals surface area (Å²) >= 11 is 0. The molecule has 0 atom stereocenters. The van der Waals surface area contributed by atoms with Crippen molar-refractivity contribution in [2.45, 2.75) is 0 Å². The van der Waals surface area contributed by atoms with E-state index in [4.69, 9.17) is 9.57 Å². The van der Waals surface area contributed by atoms with Crippen LogP contribution in [0.4, 0.5) is 0 Å². The number of benzene rings is 1. The van der Waals surface area contributed by atoms with E-state index in [0.717, 1.165) is 11.3 Å². The third kappa shape index (κ3) is 2.33. The second kappa shape index (κ2) is 4.30. The van der Waals surface area contributed by atoms with Gasteiger partial charge in [0.05, 0.1) is 7.11 Å². The van der Waals surface area contributed by atoms with Crippen LogP contribution in [-0.4, -0.2) is 13.8 Å². The topological polar surface area (TPSA) is 30.8 Å². The van der Waals surface area contributed by atoms with Crippen LogP contribution in [0.5, 0.6) is 5.75 Å². The van der Waals surface area contributed by atoms with E-state index in [2.05, 4.69) is 18.5 Å². The summed E-state index contributed by atoms with van der Waals surface area (Å²) < 4.78 is 5.00. The minimum Gasteiger partial charge on any atom is -0.497 e. The smallest absolute Gasteiger partial charge is 0.157 e.